The van der Waals surface area contributed by atoms with Crippen molar-refractivity contribution in [3.63, 3.8) is 0 Å². The summed E-state index contributed by atoms with van der Waals surface area (Å²) in [5.74, 6) is 0.623. The second-order valence-electron chi connectivity index (χ2n) is 6.28. The highest BCUT2D eigenvalue weighted by Gasteiger charge is 2.20. The monoisotopic (exact) mass is 347 g/mol. The fourth-order valence-electron chi connectivity index (χ4n) is 2.98. The summed E-state index contributed by atoms with van der Waals surface area (Å²) in [5.41, 5.74) is 1.50. The lowest BCUT2D eigenvalue weighted by Crippen LogP contribution is -2.36. The van der Waals surface area contributed by atoms with Crippen LogP contribution in [0.2, 0.25) is 5.02 Å². The fraction of sp³-hybridized carbons (Fsp3) is 0.444. The number of nitrogens with one attached hydrogen (secondary N) is 1. The number of amides is 1. The van der Waals surface area contributed by atoms with Gasteiger partial charge >= 0.3 is 0 Å². The van der Waals surface area contributed by atoms with E-state index in [9.17, 15) is 4.79 Å². The van der Waals surface area contributed by atoms with Crippen LogP contribution in [0.4, 0.5) is 0 Å². The van der Waals surface area contributed by atoms with Crippen LogP contribution in [0, 0.1) is 5.92 Å². The lowest BCUT2D eigenvalue weighted by molar-refractivity contribution is -0.125. The van der Waals surface area contributed by atoms with Crippen molar-refractivity contribution < 1.29 is 9.32 Å². The van der Waals surface area contributed by atoms with Crippen LogP contribution in [0.1, 0.15) is 25.5 Å². The fourth-order valence-corrected chi connectivity index (χ4v) is 3.21. The molecule has 0 saturated carbocycles. The quantitative estimate of drug-likeness (QED) is 0.870. The van der Waals surface area contributed by atoms with Gasteiger partial charge in [0.15, 0.2) is 5.76 Å². The normalized spacial score (nSPS) is 16.2. The van der Waals surface area contributed by atoms with E-state index in [2.05, 4.69) is 15.4 Å². The first kappa shape index (κ1) is 17.0. The second-order valence-corrected chi connectivity index (χ2v) is 6.69. The first-order chi connectivity index (χ1) is 11.6. The number of halogens is 1. The van der Waals surface area contributed by atoms with E-state index in [1.54, 1.807) is 0 Å². The van der Waals surface area contributed by atoms with E-state index < -0.39 is 0 Å². The van der Waals surface area contributed by atoms with Gasteiger partial charge in [0.1, 0.15) is 5.69 Å². The molecule has 2 aromatic rings. The van der Waals surface area contributed by atoms with Gasteiger partial charge in [0.25, 0.3) is 0 Å². The summed E-state index contributed by atoms with van der Waals surface area (Å²) in [7, 11) is 0. The number of aromatic nitrogens is 1. The summed E-state index contributed by atoms with van der Waals surface area (Å²) in [4.78, 5) is 14.6. The van der Waals surface area contributed by atoms with E-state index in [1.807, 2.05) is 37.3 Å². The van der Waals surface area contributed by atoms with Crippen LogP contribution < -0.4 is 5.32 Å². The Morgan fingerprint density at radius 2 is 2.12 bits per heavy atom. The minimum Gasteiger partial charge on any atom is -0.359 e. The van der Waals surface area contributed by atoms with Crippen molar-refractivity contribution in [1.29, 1.82) is 0 Å². The number of nitrogens with zero attached hydrogens (tertiary/aromatic N) is 2. The number of carbonyl (C=O) groups is 1. The van der Waals surface area contributed by atoms with Gasteiger partial charge in [-0.2, -0.15) is 0 Å². The van der Waals surface area contributed by atoms with Crippen molar-refractivity contribution in [2.24, 2.45) is 5.92 Å². The Hall–Kier alpha value is -1.85. The zero-order valence-corrected chi connectivity index (χ0v) is 14.6. The number of hydrogen-bond acceptors (Lipinski definition) is 4. The van der Waals surface area contributed by atoms with Crippen LogP contribution in [-0.4, -0.2) is 35.6 Å². The summed E-state index contributed by atoms with van der Waals surface area (Å²) in [6.45, 7) is 5.30. The molecule has 5 nitrogen and oxygen atoms in total. The summed E-state index contributed by atoms with van der Waals surface area (Å²) in [6, 6.07) is 9.28. The summed E-state index contributed by atoms with van der Waals surface area (Å²) >= 11 is 6.16. The smallest absolute Gasteiger partial charge is 0.224 e. The predicted molar refractivity (Wildman–Crippen MR) is 93.6 cm³/mol. The minimum atomic E-state index is -0.0333. The Kier molecular flexibility index (Phi) is 5.53. The maximum absolute atomic E-state index is 12.2. The van der Waals surface area contributed by atoms with Crippen LogP contribution in [0.5, 0.6) is 0 Å². The molecule has 0 spiro atoms. The van der Waals surface area contributed by atoms with Crippen LogP contribution in [-0.2, 0) is 11.3 Å². The molecule has 0 bridgehead atoms. The molecule has 0 radical (unpaired) electrons. The first-order valence-electron chi connectivity index (χ1n) is 8.34. The summed E-state index contributed by atoms with van der Waals surface area (Å²) in [6.07, 6.45) is 2.47. The molecule has 1 aliphatic rings. The molecular weight excluding hydrogens is 326 g/mol. The van der Waals surface area contributed by atoms with E-state index in [-0.39, 0.29) is 11.8 Å². The lowest BCUT2D eigenvalue weighted by atomic mass is 10.1. The van der Waals surface area contributed by atoms with Gasteiger partial charge in [-0.1, -0.05) is 41.9 Å². The summed E-state index contributed by atoms with van der Waals surface area (Å²) in [5, 5.41) is 7.58. The molecular formula is C18H22ClN3O2. The molecule has 24 heavy (non-hydrogen) atoms. The van der Waals surface area contributed by atoms with Gasteiger partial charge in [-0.3, -0.25) is 4.79 Å². The highest BCUT2D eigenvalue weighted by atomic mass is 35.5. The topological polar surface area (TPSA) is 58.4 Å². The molecule has 1 aromatic heterocycles. The predicted octanol–water partition coefficient (Wildman–Crippen LogP) is 3.34. The molecule has 0 aliphatic carbocycles. The van der Waals surface area contributed by atoms with Crippen LogP contribution in [0.3, 0.4) is 0 Å². The Morgan fingerprint density at radius 3 is 2.88 bits per heavy atom. The number of rotatable bonds is 6. The molecule has 128 valence electrons. The Labute approximate surface area is 147 Å². The van der Waals surface area contributed by atoms with Gasteiger partial charge in [-0.05, 0) is 32.0 Å². The molecule has 1 aromatic carbocycles. The zero-order chi connectivity index (χ0) is 16.9. The molecule has 0 unspecified atom stereocenters. The highest BCUT2D eigenvalue weighted by molar-refractivity contribution is 6.33. The number of benzene rings is 1. The molecule has 1 saturated heterocycles. The van der Waals surface area contributed by atoms with Gasteiger partial charge in [0.2, 0.25) is 5.91 Å². The van der Waals surface area contributed by atoms with E-state index in [0.717, 1.165) is 25.2 Å². The maximum Gasteiger partial charge on any atom is 0.224 e. The SMILES string of the molecule is C[C@H](CN1CCCC1)C(=O)NCc1cc(-c2ccccc2Cl)no1. The number of likely N-dealkylation sites (tertiary alicyclic amines) is 1. The Balaban J connectivity index is 1.53. The lowest BCUT2D eigenvalue weighted by Gasteiger charge is -2.19. The van der Waals surface area contributed by atoms with Crippen molar-refractivity contribution in [2.45, 2.75) is 26.3 Å². The molecule has 1 atom stereocenters. The van der Waals surface area contributed by atoms with Gasteiger partial charge in [0.05, 0.1) is 11.6 Å². The third-order valence-corrected chi connectivity index (χ3v) is 4.65. The Morgan fingerprint density at radius 1 is 1.38 bits per heavy atom. The standard InChI is InChI=1S/C18H22ClN3O2/c1-13(12-22-8-4-5-9-22)18(23)20-11-14-10-17(21-24-14)15-6-2-3-7-16(15)19/h2-3,6-7,10,13H,4-5,8-9,11-12H2,1H3,(H,20,23)/t13-/m1/s1. The average Bonchev–Trinajstić information content (AvgIpc) is 3.24. The largest absolute Gasteiger partial charge is 0.359 e. The molecule has 1 aliphatic heterocycles. The van der Waals surface area contributed by atoms with E-state index in [1.165, 1.54) is 12.8 Å². The minimum absolute atomic E-state index is 0.0333. The van der Waals surface area contributed by atoms with Gasteiger partial charge < -0.3 is 14.7 Å². The molecule has 2 heterocycles. The van der Waals surface area contributed by atoms with E-state index >= 15 is 0 Å². The zero-order valence-electron chi connectivity index (χ0n) is 13.8. The Bertz CT molecular complexity index is 695. The van der Waals surface area contributed by atoms with Crippen LogP contribution in [0.15, 0.2) is 34.9 Å². The van der Waals surface area contributed by atoms with Gasteiger partial charge in [0, 0.05) is 24.1 Å². The van der Waals surface area contributed by atoms with Gasteiger partial charge in [-0.25, -0.2) is 0 Å². The van der Waals surface area contributed by atoms with Crippen molar-refractivity contribution in [3.05, 3.63) is 41.1 Å². The molecule has 3 rings (SSSR count). The molecule has 1 fully saturated rings. The number of hydrogen-bond donors (Lipinski definition) is 1. The average molecular weight is 348 g/mol. The summed E-state index contributed by atoms with van der Waals surface area (Å²) < 4.78 is 5.30. The van der Waals surface area contributed by atoms with E-state index in [0.29, 0.717) is 23.0 Å². The second kappa shape index (κ2) is 7.81. The third-order valence-electron chi connectivity index (χ3n) is 4.32. The molecule has 1 amide bonds. The van der Waals surface area contributed by atoms with Crippen LogP contribution in [0.25, 0.3) is 11.3 Å². The first-order valence-corrected chi connectivity index (χ1v) is 8.72. The molecule has 6 heteroatoms. The van der Waals surface area contributed by atoms with Crippen molar-refractivity contribution in [1.82, 2.24) is 15.4 Å². The maximum atomic E-state index is 12.2. The van der Waals surface area contributed by atoms with Crippen molar-refractivity contribution in [2.75, 3.05) is 19.6 Å². The van der Waals surface area contributed by atoms with Gasteiger partial charge in [-0.15, -0.1) is 0 Å². The highest BCUT2D eigenvalue weighted by Crippen LogP contribution is 2.26. The van der Waals surface area contributed by atoms with E-state index in [4.69, 9.17) is 16.1 Å². The van der Waals surface area contributed by atoms with Crippen molar-refractivity contribution in [3.8, 4) is 11.3 Å². The van der Waals surface area contributed by atoms with Crippen molar-refractivity contribution >= 4 is 17.5 Å². The number of carbonyl (C=O) groups excluding carboxylic acids is 1. The van der Waals surface area contributed by atoms with Crippen LogP contribution >= 0.6 is 11.6 Å². The molecule has 1 N–H and O–H groups in total. The third kappa shape index (κ3) is 4.16.